The zero-order chi connectivity index (χ0) is 22.1. The van der Waals surface area contributed by atoms with E-state index in [0.29, 0.717) is 23.8 Å². The van der Waals surface area contributed by atoms with Gasteiger partial charge in [-0.3, -0.25) is 0 Å². The van der Waals surface area contributed by atoms with Gasteiger partial charge in [0.25, 0.3) is 0 Å². The van der Waals surface area contributed by atoms with Crippen LogP contribution >= 0.6 is 11.6 Å². The minimum Gasteiger partial charge on any atom is -0.488 e. The van der Waals surface area contributed by atoms with Crippen molar-refractivity contribution >= 4 is 11.6 Å². The Morgan fingerprint density at radius 3 is 2.62 bits per heavy atom. The molecule has 0 saturated carbocycles. The summed E-state index contributed by atoms with van der Waals surface area (Å²) in [4.78, 5) is 0. The number of halogens is 2. The van der Waals surface area contributed by atoms with Gasteiger partial charge in [0.15, 0.2) is 11.6 Å². The maximum atomic E-state index is 15.6. The van der Waals surface area contributed by atoms with Crippen LogP contribution in [-0.2, 0) is 15.1 Å². The summed E-state index contributed by atoms with van der Waals surface area (Å²) in [6, 6.07) is 20.4. The Bertz CT molecular complexity index is 1180. The summed E-state index contributed by atoms with van der Waals surface area (Å²) in [5, 5.41) is 10.0. The van der Waals surface area contributed by atoms with Gasteiger partial charge in [0.2, 0.25) is 0 Å². The van der Waals surface area contributed by atoms with Crippen molar-refractivity contribution in [3.8, 4) is 22.9 Å². The van der Waals surface area contributed by atoms with Crippen molar-refractivity contribution < 1.29 is 18.6 Å². The molecule has 0 spiro atoms. The molecule has 3 aromatic carbocycles. The highest BCUT2D eigenvalue weighted by Crippen LogP contribution is 2.47. The molecule has 0 amide bonds. The lowest BCUT2D eigenvalue weighted by Gasteiger charge is -2.18. The fourth-order valence-electron chi connectivity index (χ4n) is 4.23. The Kier molecular flexibility index (Phi) is 5.60. The lowest BCUT2D eigenvalue weighted by Crippen LogP contribution is -2.17. The molecule has 2 aliphatic rings. The SMILES string of the molecule is N#Cc1ccc(OC[C@@H]2CCCO2)c(F)c1-c1cc(C2(c3ccccc3)CO2)ccc1Cl. The van der Waals surface area contributed by atoms with E-state index >= 15 is 4.39 Å². The highest BCUT2D eigenvalue weighted by molar-refractivity contribution is 6.33. The molecule has 2 aliphatic heterocycles. The third-order valence-corrected chi connectivity index (χ3v) is 6.38. The lowest BCUT2D eigenvalue weighted by atomic mass is 9.89. The summed E-state index contributed by atoms with van der Waals surface area (Å²) in [7, 11) is 0. The molecule has 2 heterocycles. The minimum atomic E-state index is -0.605. The largest absolute Gasteiger partial charge is 0.488 e. The summed E-state index contributed by atoms with van der Waals surface area (Å²) in [5.41, 5.74) is 2.05. The average Bonchev–Trinajstić information content (AvgIpc) is 3.47. The minimum absolute atomic E-state index is 0.0434. The van der Waals surface area contributed by atoms with Crippen molar-refractivity contribution in [2.75, 3.05) is 19.8 Å². The van der Waals surface area contributed by atoms with Crippen molar-refractivity contribution in [2.24, 2.45) is 0 Å². The van der Waals surface area contributed by atoms with E-state index in [1.165, 1.54) is 6.07 Å². The number of rotatable bonds is 6. The van der Waals surface area contributed by atoms with E-state index in [0.717, 1.165) is 24.0 Å². The topological polar surface area (TPSA) is 54.8 Å². The zero-order valence-corrected chi connectivity index (χ0v) is 18.1. The molecule has 6 heteroatoms. The first-order chi connectivity index (χ1) is 15.6. The molecule has 4 nitrogen and oxygen atoms in total. The number of hydrogen-bond acceptors (Lipinski definition) is 4. The van der Waals surface area contributed by atoms with Gasteiger partial charge < -0.3 is 14.2 Å². The van der Waals surface area contributed by atoms with Crippen LogP contribution in [0.3, 0.4) is 0 Å². The van der Waals surface area contributed by atoms with Gasteiger partial charge >= 0.3 is 0 Å². The van der Waals surface area contributed by atoms with Gasteiger partial charge in [-0.15, -0.1) is 0 Å². The van der Waals surface area contributed by atoms with Gasteiger partial charge in [-0.05, 0) is 48.2 Å². The van der Waals surface area contributed by atoms with Crippen LogP contribution in [-0.4, -0.2) is 25.9 Å². The van der Waals surface area contributed by atoms with E-state index in [9.17, 15) is 5.26 Å². The fourth-order valence-corrected chi connectivity index (χ4v) is 4.44. The lowest BCUT2D eigenvalue weighted by molar-refractivity contribution is 0.0666. The van der Waals surface area contributed by atoms with Crippen molar-refractivity contribution in [1.82, 2.24) is 0 Å². The number of benzene rings is 3. The molecule has 0 aromatic heterocycles. The molecule has 0 N–H and O–H groups in total. The molecule has 0 aliphatic carbocycles. The summed E-state index contributed by atoms with van der Waals surface area (Å²) < 4.78 is 32.8. The van der Waals surface area contributed by atoms with Crippen LogP contribution in [0.5, 0.6) is 5.75 Å². The Morgan fingerprint density at radius 2 is 1.94 bits per heavy atom. The molecule has 1 unspecified atom stereocenters. The smallest absolute Gasteiger partial charge is 0.174 e. The van der Waals surface area contributed by atoms with Crippen LogP contribution < -0.4 is 4.74 Å². The first-order valence-electron chi connectivity index (χ1n) is 10.6. The molecular formula is C26H21ClFNO3. The van der Waals surface area contributed by atoms with Gasteiger partial charge in [-0.2, -0.15) is 5.26 Å². The van der Waals surface area contributed by atoms with Crippen LogP contribution in [0.2, 0.25) is 5.02 Å². The quantitative estimate of drug-likeness (QED) is 0.443. The van der Waals surface area contributed by atoms with E-state index in [-0.39, 0.29) is 29.6 Å². The van der Waals surface area contributed by atoms with Crippen LogP contribution in [0.25, 0.3) is 11.1 Å². The fraction of sp³-hybridized carbons (Fsp3) is 0.269. The second-order valence-electron chi connectivity index (χ2n) is 8.03. The molecular weight excluding hydrogens is 429 g/mol. The number of nitriles is 1. The Morgan fingerprint density at radius 1 is 1.12 bits per heavy atom. The Labute approximate surface area is 191 Å². The van der Waals surface area contributed by atoms with Gasteiger partial charge in [-0.25, -0.2) is 4.39 Å². The van der Waals surface area contributed by atoms with Crippen molar-refractivity contribution in [2.45, 2.75) is 24.5 Å². The Balaban J connectivity index is 1.55. The van der Waals surface area contributed by atoms with Crippen LogP contribution in [0.1, 0.15) is 29.5 Å². The Hall–Kier alpha value is -2.91. The monoisotopic (exact) mass is 449 g/mol. The van der Waals surface area contributed by atoms with Gasteiger partial charge in [0.1, 0.15) is 12.2 Å². The first kappa shape index (κ1) is 21.0. The van der Waals surface area contributed by atoms with Crippen molar-refractivity contribution in [3.63, 3.8) is 0 Å². The van der Waals surface area contributed by atoms with E-state index < -0.39 is 11.4 Å². The first-order valence-corrected chi connectivity index (χ1v) is 11.0. The zero-order valence-electron chi connectivity index (χ0n) is 17.3. The molecule has 0 radical (unpaired) electrons. The molecule has 162 valence electrons. The van der Waals surface area contributed by atoms with Gasteiger partial charge in [0, 0.05) is 22.8 Å². The van der Waals surface area contributed by atoms with Crippen LogP contribution in [0, 0.1) is 17.1 Å². The van der Waals surface area contributed by atoms with E-state index in [1.54, 1.807) is 12.1 Å². The van der Waals surface area contributed by atoms with Crippen LogP contribution in [0.4, 0.5) is 4.39 Å². The predicted octanol–water partition coefficient (Wildman–Crippen LogP) is 5.85. The predicted molar refractivity (Wildman–Crippen MR) is 119 cm³/mol. The normalized spacial score (nSPS) is 21.8. The average molecular weight is 450 g/mol. The molecule has 2 saturated heterocycles. The van der Waals surface area contributed by atoms with E-state index in [4.69, 9.17) is 25.8 Å². The molecule has 32 heavy (non-hydrogen) atoms. The summed E-state index contributed by atoms with van der Waals surface area (Å²) in [5.74, 6) is -0.525. The van der Waals surface area contributed by atoms with Crippen molar-refractivity contribution in [1.29, 1.82) is 5.26 Å². The maximum absolute atomic E-state index is 15.6. The molecule has 5 rings (SSSR count). The van der Waals surface area contributed by atoms with Gasteiger partial charge in [-0.1, -0.05) is 48.0 Å². The number of hydrogen-bond donors (Lipinski definition) is 0. The number of epoxide rings is 1. The maximum Gasteiger partial charge on any atom is 0.174 e. The highest BCUT2D eigenvalue weighted by Gasteiger charge is 2.48. The number of ether oxygens (including phenoxy) is 3. The summed E-state index contributed by atoms with van der Waals surface area (Å²) in [6.45, 7) is 1.49. The standard InChI is InChI=1S/C26H21ClFNO3/c27-22-10-9-19(26(16-32-26)18-5-2-1-3-6-18)13-21(22)24-17(14-29)8-11-23(25(24)28)31-15-20-7-4-12-30-20/h1-3,5-6,8-11,13,20H,4,7,12,15-16H2/t20-,26?/m0/s1. The second-order valence-corrected chi connectivity index (χ2v) is 8.44. The molecule has 0 bridgehead atoms. The third kappa shape index (κ3) is 3.75. The molecule has 2 atom stereocenters. The van der Waals surface area contributed by atoms with E-state index in [1.807, 2.05) is 42.5 Å². The third-order valence-electron chi connectivity index (χ3n) is 6.05. The molecule has 2 fully saturated rings. The summed E-state index contributed by atoms with van der Waals surface area (Å²) in [6.07, 6.45) is 1.82. The van der Waals surface area contributed by atoms with Gasteiger partial charge in [0.05, 0.1) is 24.3 Å². The highest BCUT2D eigenvalue weighted by atomic mass is 35.5. The second kappa shape index (κ2) is 8.55. The number of nitrogens with zero attached hydrogens (tertiary/aromatic N) is 1. The summed E-state index contributed by atoms with van der Waals surface area (Å²) >= 11 is 6.50. The van der Waals surface area contributed by atoms with Crippen LogP contribution in [0.15, 0.2) is 60.7 Å². The van der Waals surface area contributed by atoms with E-state index in [2.05, 4.69) is 6.07 Å². The molecule has 3 aromatic rings. The van der Waals surface area contributed by atoms with Crippen molar-refractivity contribution in [3.05, 3.63) is 88.2 Å².